The van der Waals surface area contributed by atoms with Crippen LogP contribution in [0, 0.1) is 23.2 Å². The van der Waals surface area contributed by atoms with Gasteiger partial charge in [-0.05, 0) is 56.3 Å². The van der Waals surface area contributed by atoms with Gasteiger partial charge in [0, 0.05) is 0 Å². The van der Waals surface area contributed by atoms with Crippen LogP contribution >= 0.6 is 24.0 Å². The predicted octanol–water partition coefficient (Wildman–Crippen LogP) is 2.09. The maximum absolute atomic E-state index is 12.8. The molecule has 5 aliphatic rings. The fourth-order valence-corrected chi connectivity index (χ4v) is 6.05. The van der Waals surface area contributed by atoms with Crippen molar-refractivity contribution in [2.24, 2.45) is 23.2 Å². The van der Waals surface area contributed by atoms with Crippen LogP contribution in [-0.2, 0) is 9.59 Å². The van der Waals surface area contributed by atoms with Crippen LogP contribution in [0.3, 0.4) is 0 Å². The first kappa shape index (κ1) is 13.1. The molecule has 0 aromatic heterocycles. The number of hydrogen-bond acceptors (Lipinski definition) is 4. The molecule has 0 aromatic carbocycles. The normalized spacial score (nSPS) is 42.4. The lowest BCUT2D eigenvalue weighted by atomic mass is 9.49. The Morgan fingerprint density at radius 1 is 1.20 bits per heavy atom. The topological polar surface area (TPSA) is 49.4 Å². The molecule has 20 heavy (non-hydrogen) atoms. The van der Waals surface area contributed by atoms with E-state index in [1.54, 1.807) is 0 Å². The van der Waals surface area contributed by atoms with E-state index in [2.05, 4.69) is 5.43 Å². The first-order chi connectivity index (χ1) is 9.56. The molecule has 1 aliphatic heterocycles. The van der Waals surface area contributed by atoms with Crippen molar-refractivity contribution < 1.29 is 9.59 Å². The molecule has 0 unspecified atom stereocenters. The van der Waals surface area contributed by atoms with Gasteiger partial charge in [0.1, 0.15) is 0 Å². The Hall–Kier alpha value is -0.620. The third-order valence-electron chi connectivity index (χ3n) is 5.48. The molecule has 1 N–H and O–H groups in total. The summed E-state index contributed by atoms with van der Waals surface area (Å²) in [6.07, 6.45) is 6.95. The third-order valence-corrected chi connectivity index (χ3v) is 6.84. The minimum absolute atomic E-state index is 0.0369. The van der Waals surface area contributed by atoms with E-state index < -0.39 is 0 Å². The maximum Gasteiger partial charge on any atom is 0.257 e. The number of rotatable bonds is 2. The second kappa shape index (κ2) is 4.44. The molecule has 0 radical (unpaired) electrons. The monoisotopic (exact) mass is 310 g/mol. The van der Waals surface area contributed by atoms with Crippen molar-refractivity contribution in [1.29, 1.82) is 0 Å². The highest BCUT2D eigenvalue weighted by Crippen LogP contribution is 2.60. The van der Waals surface area contributed by atoms with Gasteiger partial charge in [0.05, 0.1) is 11.2 Å². The minimum atomic E-state index is -0.224. The molecule has 1 saturated heterocycles. The molecule has 0 spiro atoms. The molecule has 108 valence electrons. The zero-order valence-electron chi connectivity index (χ0n) is 11.3. The van der Waals surface area contributed by atoms with E-state index in [0.29, 0.717) is 10.1 Å². The van der Waals surface area contributed by atoms with Gasteiger partial charge in [-0.2, -0.15) is 0 Å². The molecule has 6 heteroatoms. The largest absolute Gasteiger partial charge is 0.273 e. The Balaban J connectivity index is 1.53. The van der Waals surface area contributed by atoms with Crippen molar-refractivity contribution in [2.45, 2.75) is 38.5 Å². The van der Waals surface area contributed by atoms with Crippen LogP contribution in [0.25, 0.3) is 0 Å². The molecule has 5 fully saturated rings. The highest BCUT2D eigenvalue weighted by atomic mass is 32.2. The van der Waals surface area contributed by atoms with Crippen molar-refractivity contribution in [3.8, 4) is 0 Å². The van der Waals surface area contributed by atoms with E-state index in [-0.39, 0.29) is 17.2 Å². The second-order valence-electron chi connectivity index (χ2n) is 6.92. The molecule has 4 bridgehead atoms. The van der Waals surface area contributed by atoms with Crippen LogP contribution in [0.15, 0.2) is 0 Å². The highest BCUT2D eigenvalue weighted by Gasteiger charge is 2.55. The van der Waals surface area contributed by atoms with Crippen LogP contribution < -0.4 is 5.43 Å². The number of carbonyl (C=O) groups is 2. The Bertz CT molecular complexity index is 454. The number of thioether (sulfide) groups is 1. The van der Waals surface area contributed by atoms with Gasteiger partial charge in [-0.25, -0.2) is 5.01 Å². The first-order valence-electron chi connectivity index (χ1n) is 7.36. The number of carbonyl (C=O) groups excluding carboxylic acids is 2. The average molecular weight is 310 g/mol. The summed E-state index contributed by atoms with van der Waals surface area (Å²) in [5.74, 6) is 2.46. The highest BCUT2D eigenvalue weighted by molar-refractivity contribution is 8.23. The smallest absolute Gasteiger partial charge is 0.257 e. The summed E-state index contributed by atoms with van der Waals surface area (Å²) in [6, 6.07) is 0. The summed E-state index contributed by atoms with van der Waals surface area (Å²) >= 11 is 6.46. The summed E-state index contributed by atoms with van der Waals surface area (Å²) in [5.41, 5.74) is 2.59. The van der Waals surface area contributed by atoms with Crippen LogP contribution in [0.1, 0.15) is 38.5 Å². The summed E-state index contributed by atoms with van der Waals surface area (Å²) < 4.78 is 0.480. The van der Waals surface area contributed by atoms with E-state index in [9.17, 15) is 9.59 Å². The molecular formula is C14H18N2O2S2. The summed E-state index contributed by atoms with van der Waals surface area (Å²) in [5, 5.41) is 1.29. The van der Waals surface area contributed by atoms with Crippen molar-refractivity contribution in [3.63, 3.8) is 0 Å². The molecule has 0 atom stereocenters. The molecular weight excluding hydrogens is 292 g/mol. The van der Waals surface area contributed by atoms with Crippen LogP contribution in [0.5, 0.6) is 0 Å². The lowest BCUT2D eigenvalue weighted by Gasteiger charge is -2.55. The maximum atomic E-state index is 12.8. The quantitative estimate of drug-likeness (QED) is 0.794. The van der Waals surface area contributed by atoms with Gasteiger partial charge in [-0.3, -0.25) is 15.0 Å². The average Bonchev–Trinajstić information content (AvgIpc) is 2.69. The van der Waals surface area contributed by atoms with Gasteiger partial charge < -0.3 is 0 Å². The second-order valence-corrected chi connectivity index (χ2v) is 8.53. The van der Waals surface area contributed by atoms with Gasteiger partial charge in [-0.15, -0.1) is 0 Å². The molecule has 0 aromatic rings. The fourth-order valence-electron chi connectivity index (χ4n) is 5.07. The molecule has 4 nitrogen and oxygen atoms in total. The molecule has 4 aliphatic carbocycles. The number of amides is 2. The van der Waals surface area contributed by atoms with Crippen molar-refractivity contribution in [3.05, 3.63) is 0 Å². The van der Waals surface area contributed by atoms with Gasteiger partial charge in [0.25, 0.3) is 5.91 Å². The Morgan fingerprint density at radius 2 is 1.75 bits per heavy atom. The standard InChI is InChI=1S/C14H18N2O2S2/c17-11-7-20-13(19)16(11)15-12(18)14-4-8-1-9(5-14)3-10(2-8)6-14/h8-10H,1-7H2,(H,15,18). The Kier molecular flexibility index (Phi) is 2.90. The van der Waals surface area contributed by atoms with E-state index in [0.717, 1.165) is 37.0 Å². The zero-order valence-corrected chi connectivity index (χ0v) is 12.9. The van der Waals surface area contributed by atoms with Crippen LogP contribution in [0.4, 0.5) is 0 Å². The summed E-state index contributed by atoms with van der Waals surface area (Å²) in [7, 11) is 0. The van der Waals surface area contributed by atoms with E-state index in [1.165, 1.54) is 36.0 Å². The number of thiocarbonyl (C=S) groups is 1. The third kappa shape index (κ3) is 1.91. The fraction of sp³-hybridized carbons (Fsp3) is 0.786. The van der Waals surface area contributed by atoms with Gasteiger partial charge in [-0.1, -0.05) is 24.0 Å². The minimum Gasteiger partial charge on any atom is -0.273 e. The lowest BCUT2D eigenvalue weighted by molar-refractivity contribution is -0.152. The Labute approximate surface area is 128 Å². The molecule has 4 saturated carbocycles. The number of nitrogens with one attached hydrogen (secondary N) is 1. The Morgan fingerprint density at radius 3 is 2.20 bits per heavy atom. The van der Waals surface area contributed by atoms with Gasteiger partial charge in [0.2, 0.25) is 5.91 Å². The lowest BCUT2D eigenvalue weighted by Crippen LogP contribution is -2.57. The van der Waals surface area contributed by atoms with Crippen LogP contribution in [0.2, 0.25) is 0 Å². The molecule has 2 amide bonds. The van der Waals surface area contributed by atoms with E-state index >= 15 is 0 Å². The number of nitrogens with zero attached hydrogens (tertiary/aromatic N) is 1. The first-order valence-corrected chi connectivity index (χ1v) is 8.76. The SMILES string of the molecule is O=C1CSC(=S)N1NC(=O)C12CC3CC(CC(C3)C1)C2. The zero-order chi connectivity index (χ0) is 13.9. The summed E-state index contributed by atoms with van der Waals surface area (Å²) in [6.45, 7) is 0. The number of hydrazine groups is 1. The van der Waals surface area contributed by atoms with Gasteiger partial charge >= 0.3 is 0 Å². The predicted molar refractivity (Wildman–Crippen MR) is 80.6 cm³/mol. The van der Waals surface area contributed by atoms with Crippen molar-refractivity contribution in [1.82, 2.24) is 10.4 Å². The van der Waals surface area contributed by atoms with Gasteiger partial charge in [0.15, 0.2) is 4.32 Å². The van der Waals surface area contributed by atoms with Crippen molar-refractivity contribution in [2.75, 3.05) is 5.75 Å². The molecule has 1 heterocycles. The van der Waals surface area contributed by atoms with Crippen LogP contribution in [-0.4, -0.2) is 26.9 Å². The molecule has 5 rings (SSSR count). The van der Waals surface area contributed by atoms with E-state index in [4.69, 9.17) is 12.2 Å². The number of hydrogen-bond donors (Lipinski definition) is 1. The summed E-state index contributed by atoms with van der Waals surface area (Å²) in [4.78, 5) is 24.5. The van der Waals surface area contributed by atoms with Crippen molar-refractivity contribution >= 4 is 40.1 Å². The van der Waals surface area contributed by atoms with E-state index in [1.807, 2.05) is 0 Å².